The van der Waals surface area contributed by atoms with E-state index in [9.17, 15) is 18.3 Å². The Labute approximate surface area is 109 Å². The van der Waals surface area contributed by atoms with Crippen molar-refractivity contribution in [3.63, 3.8) is 0 Å². The van der Waals surface area contributed by atoms with Crippen molar-refractivity contribution < 1.29 is 18.3 Å². The van der Waals surface area contributed by atoms with Crippen molar-refractivity contribution in [3.05, 3.63) is 35.1 Å². The summed E-state index contributed by atoms with van der Waals surface area (Å²) in [5.74, 6) is -3.25. The van der Waals surface area contributed by atoms with Gasteiger partial charge in [-0.2, -0.15) is 0 Å². The Balaban J connectivity index is 2.03. The van der Waals surface area contributed by atoms with Crippen LogP contribution in [0.3, 0.4) is 0 Å². The van der Waals surface area contributed by atoms with Crippen molar-refractivity contribution in [1.82, 2.24) is 5.32 Å². The number of fused-ring (bicyclic) bond motifs is 2. The lowest BCUT2D eigenvalue weighted by Crippen LogP contribution is -2.54. The maximum Gasteiger partial charge on any atom is 0.167 e. The second-order valence-corrected chi connectivity index (χ2v) is 5.65. The molecule has 104 valence electrons. The highest BCUT2D eigenvalue weighted by Crippen LogP contribution is 2.41. The van der Waals surface area contributed by atoms with Crippen LogP contribution >= 0.6 is 0 Å². The van der Waals surface area contributed by atoms with Crippen molar-refractivity contribution >= 4 is 0 Å². The SMILES string of the molecule is OC1(c2c(F)ccc(F)c2F)CC2CCCC(C1)N2. The molecule has 5 heteroatoms. The van der Waals surface area contributed by atoms with Crippen LogP contribution in [0.5, 0.6) is 0 Å². The van der Waals surface area contributed by atoms with E-state index in [0.29, 0.717) is 0 Å². The molecule has 2 bridgehead atoms. The van der Waals surface area contributed by atoms with Gasteiger partial charge in [-0.15, -0.1) is 0 Å². The number of hydrogen-bond donors (Lipinski definition) is 2. The maximum absolute atomic E-state index is 13.9. The van der Waals surface area contributed by atoms with Crippen LogP contribution in [0, 0.1) is 17.5 Å². The predicted molar refractivity (Wildman–Crippen MR) is 64.0 cm³/mol. The van der Waals surface area contributed by atoms with E-state index in [1.54, 1.807) is 0 Å². The molecule has 3 rings (SSSR count). The first-order valence-corrected chi connectivity index (χ1v) is 6.62. The van der Waals surface area contributed by atoms with Crippen LogP contribution in [-0.2, 0) is 5.60 Å². The molecule has 2 aliphatic rings. The normalized spacial score (nSPS) is 34.3. The summed E-state index contributed by atoms with van der Waals surface area (Å²) in [4.78, 5) is 0. The van der Waals surface area contributed by atoms with E-state index in [0.717, 1.165) is 31.4 Å². The van der Waals surface area contributed by atoms with Gasteiger partial charge < -0.3 is 10.4 Å². The molecule has 2 nitrogen and oxygen atoms in total. The molecule has 1 aromatic carbocycles. The molecule has 2 atom stereocenters. The number of hydrogen-bond acceptors (Lipinski definition) is 2. The van der Waals surface area contributed by atoms with Crippen LogP contribution in [-0.4, -0.2) is 17.2 Å². The summed E-state index contributed by atoms with van der Waals surface area (Å²) in [6.45, 7) is 0. The fourth-order valence-corrected chi connectivity index (χ4v) is 3.49. The quantitative estimate of drug-likeness (QED) is 0.769. The highest BCUT2D eigenvalue weighted by atomic mass is 19.2. The third-order valence-electron chi connectivity index (χ3n) is 4.25. The van der Waals surface area contributed by atoms with Gasteiger partial charge in [-0.25, -0.2) is 13.2 Å². The molecular weight excluding hydrogens is 255 g/mol. The van der Waals surface area contributed by atoms with Crippen LogP contribution in [0.1, 0.15) is 37.7 Å². The number of piperidine rings is 2. The van der Waals surface area contributed by atoms with Gasteiger partial charge >= 0.3 is 0 Å². The number of benzene rings is 1. The first-order chi connectivity index (χ1) is 8.99. The lowest BCUT2D eigenvalue weighted by molar-refractivity contribution is -0.0414. The average molecular weight is 271 g/mol. The van der Waals surface area contributed by atoms with Crippen molar-refractivity contribution in [1.29, 1.82) is 0 Å². The largest absolute Gasteiger partial charge is 0.385 e. The summed E-state index contributed by atoms with van der Waals surface area (Å²) < 4.78 is 41.0. The van der Waals surface area contributed by atoms with Gasteiger partial charge in [-0.3, -0.25) is 0 Å². The highest BCUT2D eigenvalue weighted by Gasteiger charge is 2.45. The molecule has 2 fully saturated rings. The zero-order chi connectivity index (χ0) is 13.6. The van der Waals surface area contributed by atoms with E-state index < -0.39 is 28.6 Å². The van der Waals surface area contributed by atoms with Crippen LogP contribution in [0.4, 0.5) is 13.2 Å². The molecule has 1 aromatic rings. The molecule has 0 aliphatic carbocycles. The Morgan fingerprint density at radius 3 is 2.26 bits per heavy atom. The molecule has 19 heavy (non-hydrogen) atoms. The molecule has 2 heterocycles. The van der Waals surface area contributed by atoms with E-state index >= 15 is 0 Å². The fraction of sp³-hybridized carbons (Fsp3) is 0.571. The monoisotopic (exact) mass is 271 g/mol. The maximum atomic E-state index is 13.9. The Kier molecular flexibility index (Phi) is 3.06. The number of halogens is 3. The minimum absolute atomic E-state index is 0.0413. The molecule has 0 aromatic heterocycles. The van der Waals surface area contributed by atoms with E-state index in [4.69, 9.17) is 0 Å². The molecular formula is C14H16F3NO. The molecule has 2 unspecified atom stereocenters. The summed E-state index contributed by atoms with van der Waals surface area (Å²) in [6.07, 6.45) is 3.24. The molecule has 2 saturated heterocycles. The molecule has 0 saturated carbocycles. The topological polar surface area (TPSA) is 32.3 Å². The third-order valence-corrected chi connectivity index (χ3v) is 4.25. The Morgan fingerprint density at radius 2 is 1.63 bits per heavy atom. The number of rotatable bonds is 1. The summed E-state index contributed by atoms with van der Waals surface area (Å²) in [7, 11) is 0. The zero-order valence-corrected chi connectivity index (χ0v) is 10.4. The van der Waals surface area contributed by atoms with Crippen LogP contribution in [0.15, 0.2) is 12.1 Å². The van der Waals surface area contributed by atoms with Gasteiger partial charge in [0, 0.05) is 12.1 Å². The summed E-state index contributed by atoms with van der Waals surface area (Å²) in [6, 6.07) is 1.71. The zero-order valence-electron chi connectivity index (χ0n) is 10.4. The standard InChI is InChI=1S/C14H16F3NO/c15-10-4-5-11(16)13(17)12(10)14(19)6-8-2-1-3-9(7-14)18-8/h4-5,8-9,18-19H,1-3,6-7H2. The van der Waals surface area contributed by atoms with Gasteiger partial charge in [0.25, 0.3) is 0 Å². The van der Waals surface area contributed by atoms with Gasteiger partial charge in [0.2, 0.25) is 0 Å². The lowest BCUT2D eigenvalue weighted by Gasteiger charge is -2.45. The molecule has 2 aliphatic heterocycles. The lowest BCUT2D eigenvalue weighted by atomic mass is 9.73. The Bertz CT molecular complexity index is 494. The molecule has 0 amide bonds. The van der Waals surface area contributed by atoms with Crippen molar-refractivity contribution in [3.8, 4) is 0 Å². The fourth-order valence-electron chi connectivity index (χ4n) is 3.49. The van der Waals surface area contributed by atoms with Crippen LogP contribution in [0.25, 0.3) is 0 Å². The van der Waals surface area contributed by atoms with E-state index in [1.807, 2.05) is 0 Å². The average Bonchev–Trinajstić information content (AvgIpc) is 2.33. The first kappa shape index (κ1) is 12.9. The highest BCUT2D eigenvalue weighted by molar-refractivity contribution is 5.29. The number of aliphatic hydroxyl groups is 1. The Hall–Kier alpha value is -1.07. The summed E-state index contributed by atoms with van der Waals surface area (Å²) in [5.41, 5.74) is -2.12. The van der Waals surface area contributed by atoms with Crippen molar-refractivity contribution in [2.24, 2.45) is 0 Å². The summed E-state index contributed by atoms with van der Waals surface area (Å²) >= 11 is 0. The van der Waals surface area contributed by atoms with Gasteiger partial charge in [-0.05, 0) is 37.8 Å². The van der Waals surface area contributed by atoms with E-state index in [1.165, 1.54) is 0 Å². The minimum atomic E-state index is -1.61. The third kappa shape index (κ3) is 2.15. The van der Waals surface area contributed by atoms with E-state index in [-0.39, 0.29) is 24.9 Å². The predicted octanol–water partition coefficient (Wildman–Crippen LogP) is 2.60. The summed E-state index contributed by atoms with van der Waals surface area (Å²) in [5, 5.41) is 14.0. The van der Waals surface area contributed by atoms with Gasteiger partial charge in [0.15, 0.2) is 11.6 Å². The van der Waals surface area contributed by atoms with Gasteiger partial charge in [0.1, 0.15) is 5.82 Å². The smallest absolute Gasteiger partial charge is 0.167 e. The second kappa shape index (κ2) is 4.49. The second-order valence-electron chi connectivity index (χ2n) is 5.65. The van der Waals surface area contributed by atoms with Crippen LogP contribution in [0.2, 0.25) is 0 Å². The van der Waals surface area contributed by atoms with Crippen molar-refractivity contribution in [2.45, 2.75) is 49.8 Å². The number of nitrogens with one attached hydrogen (secondary N) is 1. The Morgan fingerprint density at radius 1 is 1.05 bits per heavy atom. The minimum Gasteiger partial charge on any atom is -0.385 e. The van der Waals surface area contributed by atoms with Gasteiger partial charge in [0.05, 0.1) is 11.2 Å². The van der Waals surface area contributed by atoms with Gasteiger partial charge in [-0.1, -0.05) is 6.42 Å². The molecule has 0 radical (unpaired) electrons. The van der Waals surface area contributed by atoms with Crippen LogP contribution < -0.4 is 5.32 Å². The first-order valence-electron chi connectivity index (χ1n) is 6.62. The van der Waals surface area contributed by atoms with Crippen molar-refractivity contribution in [2.75, 3.05) is 0 Å². The molecule has 0 spiro atoms. The van der Waals surface area contributed by atoms with E-state index in [2.05, 4.69) is 5.32 Å². The molecule has 2 N–H and O–H groups in total.